The molecule has 33 heavy (non-hydrogen) atoms. The fraction of sp³-hybridized carbons (Fsp3) is 0.360. The highest BCUT2D eigenvalue weighted by Gasteiger charge is 2.39. The molecule has 1 heterocycles. The second-order valence-corrected chi connectivity index (χ2v) is 14.3. The molecule has 2 aromatic carbocycles. The number of hydrogen-bond acceptors (Lipinski definition) is 7. The molecule has 3 aromatic rings. The van der Waals surface area contributed by atoms with Crippen molar-refractivity contribution in [3.8, 4) is 28.4 Å². The Hall–Kier alpha value is -3.26. The average Bonchev–Trinajstić information content (AvgIpc) is 2.74. The van der Waals surface area contributed by atoms with Crippen molar-refractivity contribution in [1.82, 2.24) is 9.97 Å². The zero-order valence-electron chi connectivity index (χ0n) is 20.5. The van der Waals surface area contributed by atoms with Crippen LogP contribution in [-0.4, -0.2) is 32.5 Å². The lowest BCUT2D eigenvalue weighted by Crippen LogP contribution is -2.43. The predicted molar refractivity (Wildman–Crippen MR) is 136 cm³/mol. The van der Waals surface area contributed by atoms with E-state index in [1.807, 2.05) is 30.3 Å². The first-order chi connectivity index (χ1) is 15.5. The molecule has 7 nitrogen and oxygen atoms in total. The van der Waals surface area contributed by atoms with E-state index in [0.29, 0.717) is 23.7 Å². The SMILES string of the molecule is COc1ccc(Cc2cnc(N)nc2N)c(-c2cccc(O[Si](C)(C)C(C)(C)C)c2)c1OC. The van der Waals surface area contributed by atoms with Gasteiger partial charge in [-0.3, -0.25) is 0 Å². The van der Waals surface area contributed by atoms with Crippen molar-refractivity contribution in [2.45, 2.75) is 45.3 Å². The van der Waals surface area contributed by atoms with E-state index in [4.69, 9.17) is 25.4 Å². The Bertz CT molecular complexity index is 1140. The maximum Gasteiger partial charge on any atom is 0.250 e. The summed E-state index contributed by atoms with van der Waals surface area (Å²) >= 11 is 0. The zero-order valence-corrected chi connectivity index (χ0v) is 21.5. The number of nitrogens with two attached hydrogens (primary N) is 2. The van der Waals surface area contributed by atoms with Crippen LogP contribution in [0.5, 0.6) is 17.2 Å². The first kappa shape index (κ1) is 24.4. The molecule has 176 valence electrons. The summed E-state index contributed by atoms with van der Waals surface area (Å²) in [6.45, 7) is 11.2. The number of nitrogen functional groups attached to an aromatic ring is 2. The highest BCUT2D eigenvalue weighted by atomic mass is 28.4. The third-order valence-corrected chi connectivity index (χ3v) is 10.6. The Balaban J connectivity index is 2.13. The van der Waals surface area contributed by atoms with Crippen molar-refractivity contribution in [3.05, 3.63) is 53.7 Å². The quantitative estimate of drug-likeness (QED) is 0.455. The van der Waals surface area contributed by atoms with E-state index in [1.165, 1.54) is 0 Å². The molecule has 1 aromatic heterocycles. The van der Waals surface area contributed by atoms with Gasteiger partial charge in [0.05, 0.1) is 14.2 Å². The van der Waals surface area contributed by atoms with Crippen LogP contribution in [0.15, 0.2) is 42.6 Å². The lowest BCUT2D eigenvalue weighted by atomic mass is 9.94. The molecule has 0 aliphatic rings. The number of rotatable bonds is 7. The van der Waals surface area contributed by atoms with Crippen LogP contribution in [0.25, 0.3) is 11.1 Å². The molecule has 0 atom stereocenters. The molecule has 8 heteroatoms. The molecule has 0 fully saturated rings. The molecule has 0 bridgehead atoms. The van der Waals surface area contributed by atoms with Gasteiger partial charge in [-0.1, -0.05) is 39.0 Å². The van der Waals surface area contributed by atoms with Crippen molar-refractivity contribution in [2.24, 2.45) is 0 Å². The van der Waals surface area contributed by atoms with Gasteiger partial charge in [0, 0.05) is 23.7 Å². The van der Waals surface area contributed by atoms with E-state index in [0.717, 1.165) is 28.0 Å². The summed E-state index contributed by atoms with van der Waals surface area (Å²) in [6, 6.07) is 12.0. The van der Waals surface area contributed by atoms with Gasteiger partial charge in [-0.25, -0.2) is 4.98 Å². The average molecular weight is 467 g/mol. The van der Waals surface area contributed by atoms with Gasteiger partial charge < -0.3 is 25.4 Å². The fourth-order valence-electron chi connectivity index (χ4n) is 3.37. The van der Waals surface area contributed by atoms with E-state index < -0.39 is 8.32 Å². The number of anilines is 2. The Morgan fingerprint density at radius 1 is 0.970 bits per heavy atom. The minimum atomic E-state index is -2.00. The summed E-state index contributed by atoms with van der Waals surface area (Å²) in [7, 11) is 1.27. The van der Waals surface area contributed by atoms with Gasteiger partial charge in [-0.05, 0) is 47.5 Å². The fourth-order valence-corrected chi connectivity index (χ4v) is 4.39. The molecule has 0 amide bonds. The van der Waals surface area contributed by atoms with E-state index >= 15 is 0 Å². The van der Waals surface area contributed by atoms with Crippen molar-refractivity contribution in [1.29, 1.82) is 0 Å². The molecular weight excluding hydrogens is 432 g/mol. The Kier molecular flexibility index (Phi) is 6.88. The van der Waals surface area contributed by atoms with Gasteiger partial charge in [-0.2, -0.15) is 4.98 Å². The van der Waals surface area contributed by atoms with Crippen LogP contribution >= 0.6 is 0 Å². The smallest absolute Gasteiger partial charge is 0.250 e. The molecule has 0 saturated carbocycles. The van der Waals surface area contributed by atoms with E-state index in [9.17, 15) is 0 Å². The summed E-state index contributed by atoms with van der Waals surface area (Å²) in [5.41, 5.74) is 15.4. The predicted octanol–water partition coefficient (Wildman–Crippen LogP) is 5.30. The second-order valence-electron chi connectivity index (χ2n) is 9.54. The number of aromatic nitrogens is 2. The van der Waals surface area contributed by atoms with Crippen LogP contribution < -0.4 is 25.4 Å². The molecular formula is C25H34N4O3Si. The highest BCUT2D eigenvalue weighted by Crippen LogP contribution is 2.43. The number of methoxy groups -OCH3 is 2. The van der Waals surface area contributed by atoms with Gasteiger partial charge in [0.15, 0.2) is 11.5 Å². The van der Waals surface area contributed by atoms with E-state index in [2.05, 4.69) is 49.9 Å². The lowest BCUT2D eigenvalue weighted by molar-refractivity contribution is 0.356. The second kappa shape index (κ2) is 9.31. The van der Waals surface area contributed by atoms with Gasteiger partial charge in [0.2, 0.25) is 14.3 Å². The van der Waals surface area contributed by atoms with Gasteiger partial charge >= 0.3 is 0 Å². The van der Waals surface area contributed by atoms with Crippen LogP contribution in [0.1, 0.15) is 31.9 Å². The largest absolute Gasteiger partial charge is 0.543 e. The van der Waals surface area contributed by atoms with Crippen molar-refractivity contribution in [2.75, 3.05) is 25.7 Å². The molecule has 0 aliphatic carbocycles. The first-order valence-electron chi connectivity index (χ1n) is 10.9. The van der Waals surface area contributed by atoms with Crippen LogP contribution in [0.3, 0.4) is 0 Å². The van der Waals surface area contributed by atoms with Gasteiger partial charge in [0.25, 0.3) is 0 Å². The summed E-state index contributed by atoms with van der Waals surface area (Å²) in [5, 5.41) is 0.0918. The van der Waals surface area contributed by atoms with Crippen LogP contribution in [0.4, 0.5) is 11.8 Å². The molecule has 0 unspecified atom stereocenters. The van der Waals surface area contributed by atoms with Crippen molar-refractivity contribution >= 4 is 20.1 Å². The number of hydrogen-bond donors (Lipinski definition) is 2. The molecule has 4 N–H and O–H groups in total. The third kappa shape index (κ3) is 5.22. The number of ether oxygens (including phenoxy) is 2. The third-order valence-electron chi connectivity index (χ3n) is 6.23. The van der Waals surface area contributed by atoms with Crippen LogP contribution in [-0.2, 0) is 6.42 Å². The lowest BCUT2D eigenvalue weighted by Gasteiger charge is -2.36. The summed E-state index contributed by atoms with van der Waals surface area (Å²) in [4.78, 5) is 8.21. The Labute approximate surface area is 197 Å². The topological polar surface area (TPSA) is 106 Å². The summed E-state index contributed by atoms with van der Waals surface area (Å²) in [5.74, 6) is 2.64. The van der Waals surface area contributed by atoms with Gasteiger partial charge in [-0.15, -0.1) is 0 Å². The normalized spacial score (nSPS) is 11.8. The maximum atomic E-state index is 6.56. The van der Waals surface area contributed by atoms with Crippen molar-refractivity contribution < 1.29 is 13.9 Å². The van der Waals surface area contributed by atoms with Crippen LogP contribution in [0.2, 0.25) is 18.1 Å². The van der Waals surface area contributed by atoms with Crippen molar-refractivity contribution in [3.63, 3.8) is 0 Å². The monoisotopic (exact) mass is 466 g/mol. The molecule has 0 aliphatic heterocycles. The summed E-state index contributed by atoms with van der Waals surface area (Å²) < 4.78 is 18.0. The minimum Gasteiger partial charge on any atom is -0.543 e. The van der Waals surface area contributed by atoms with E-state index in [-0.39, 0.29) is 11.0 Å². The molecule has 0 saturated heterocycles. The molecule has 0 spiro atoms. The van der Waals surface area contributed by atoms with Gasteiger partial charge in [0.1, 0.15) is 11.6 Å². The maximum absolute atomic E-state index is 6.56. The molecule has 3 rings (SSSR count). The number of nitrogens with zero attached hydrogens (tertiary/aromatic N) is 2. The molecule has 0 radical (unpaired) electrons. The first-order valence-corrected chi connectivity index (χ1v) is 13.8. The number of benzene rings is 2. The minimum absolute atomic E-state index is 0.0918. The zero-order chi connectivity index (χ0) is 24.4. The Morgan fingerprint density at radius 3 is 2.30 bits per heavy atom. The van der Waals surface area contributed by atoms with Crippen LogP contribution in [0, 0.1) is 0 Å². The summed E-state index contributed by atoms with van der Waals surface area (Å²) in [6.07, 6.45) is 2.17. The Morgan fingerprint density at radius 2 is 1.70 bits per heavy atom. The van der Waals surface area contributed by atoms with E-state index in [1.54, 1.807) is 20.4 Å². The standard InChI is InChI=1S/C25H34N4O3Si/c1-25(2,3)33(6,7)32-19-10-8-9-16(14-19)21-17(11-12-20(30-4)22(21)31-5)13-18-15-28-24(27)29-23(18)26/h8-12,14-15H,13H2,1-7H3,(H4,26,27,28,29). The highest BCUT2D eigenvalue weighted by molar-refractivity contribution is 6.74.